The van der Waals surface area contributed by atoms with Crippen LogP contribution in [-0.4, -0.2) is 12.5 Å². The van der Waals surface area contributed by atoms with Gasteiger partial charge in [0.25, 0.3) is 0 Å². The van der Waals surface area contributed by atoms with Gasteiger partial charge in [-0.3, -0.25) is 4.79 Å². The predicted octanol–water partition coefficient (Wildman–Crippen LogP) is 1.72. The number of benzene rings is 1. The van der Waals surface area contributed by atoms with Gasteiger partial charge < -0.3 is 10.1 Å². The van der Waals surface area contributed by atoms with Gasteiger partial charge in [-0.2, -0.15) is 0 Å². The van der Waals surface area contributed by atoms with Gasteiger partial charge in [-0.05, 0) is 24.6 Å². The molecule has 1 aromatic rings. The SMILES string of the molecule is Cc1ccc2c(c1)NCCC(=O)O2. The number of fused-ring (bicyclic) bond motifs is 1. The molecule has 0 bridgehead atoms. The number of anilines is 1. The second kappa shape index (κ2) is 3.09. The van der Waals surface area contributed by atoms with Gasteiger partial charge in [0.1, 0.15) is 0 Å². The normalized spacial score (nSPS) is 15.3. The molecule has 0 radical (unpaired) electrons. The van der Waals surface area contributed by atoms with Crippen molar-refractivity contribution >= 4 is 11.7 Å². The molecule has 0 saturated carbocycles. The zero-order valence-corrected chi connectivity index (χ0v) is 7.46. The van der Waals surface area contributed by atoms with E-state index < -0.39 is 0 Å². The molecule has 1 aliphatic rings. The molecular weight excluding hydrogens is 166 g/mol. The highest BCUT2D eigenvalue weighted by Gasteiger charge is 2.13. The van der Waals surface area contributed by atoms with Crippen LogP contribution in [0.5, 0.6) is 5.75 Å². The predicted molar refractivity (Wildman–Crippen MR) is 49.9 cm³/mol. The van der Waals surface area contributed by atoms with E-state index in [1.54, 1.807) is 0 Å². The van der Waals surface area contributed by atoms with Gasteiger partial charge in [-0.25, -0.2) is 0 Å². The Morgan fingerprint density at radius 2 is 2.31 bits per heavy atom. The van der Waals surface area contributed by atoms with Crippen LogP contribution >= 0.6 is 0 Å². The molecule has 1 aromatic carbocycles. The van der Waals surface area contributed by atoms with Crippen LogP contribution < -0.4 is 10.1 Å². The van der Waals surface area contributed by atoms with Crippen molar-refractivity contribution in [2.75, 3.05) is 11.9 Å². The highest BCUT2D eigenvalue weighted by molar-refractivity contribution is 5.77. The molecule has 0 fully saturated rings. The van der Waals surface area contributed by atoms with Crippen molar-refractivity contribution in [2.24, 2.45) is 0 Å². The molecule has 0 aliphatic carbocycles. The van der Waals surface area contributed by atoms with E-state index in [1.165, 1.54) is 0 Å². The monoisotopic (exact) mass is 177 g/mol. The lowest BCUT2D eigenvalue weighted by Crippen LogP contribution is -2.08. The number of hydrogen-bond acceptors (Lipinski definition) is 3. The lowest BCUT2D eigenvalue weighted by Gasteiger charge is -2.06. The molecule has 0 amide bonds. The van der Waals surface area contributed by atoms with E-state index in [-0.39, 0.29) is 5.97 Å². The summed E-state index contributed by atoms with van der Waals surface area (Å²) in [5.41, 5.74) is 2.06. The maximum Gasteiger partial charge on any atom is 0.313 e. The average Bonchev–Trinajstić information content (AvgIpc) is 2.25. The summed E-state index contributed by atoms with van der Waals surface area (Å²) >= 11 is 0. The molecule has 0 spiro atoms. The minimum absolute atomic E-state index is 0.171. The minimum atomic E-state index is -0.171. The van der Waals surface area contributed by atoms with E-state index in [4.69, 9.17) is 4.74 Å². The zero-order chi connectivity index (χ0) is 9.26. The topological polar surface area (TPSA) is 38.3 Å². The quantitative estimate of drug-likeness (QED) is 0.484. The Bertz CT molecular complexity index is 347. The number of carbonyl (C=O) groups is 1. The second-order valence-electron chi connectivity index (χ2n) is 3.15. The molecule has 2 rings (SSSR count). The van der Waals surface area contributed by atoms with Gasteiger partial charge in [0.15, 0.2) is 5.75 Å². The van der Waals surface area contributed by atoms with Crippen LogP contribution in [0.4, 0.5) is 5.69 Å². The first kappa shape index (κ1) is 8.10. The summed E-state index contributed by atoms with van der Waals surface area (Å²) in [5.74, 6) is 0.461. The first-order valence-corrected chi connectivity index (χ1v) is 4.31. The molecular formula is C10H11NO2. The molecule has 0 saturated heterocycles. The summed E-state index contributed by atoms with van der Waals surface area (Å²) in [6.45, 7) is 2.66. The molecule has 13 heavy (non-hydrogen) atoms. The van der Waals surface area contributed by atoms with Gasteiger partial charge in [-0.1, -0.05) is 6.07 Å². The van der Waals surface area contributed by atoms with Crippen molar-refractivity contribution in [3.8, 4) is 5.75 Å². The Labute approximate surface area is 76.7 Å². The second-order valence-corrected chi connectivity index (χ2v) is 3.15. The van der Waals surface area contributed by atoms with Gasteiger partial charge in [-0.15, -0.1) is 0 Å². The van der Waals surface area contributed by atoms with Gasteiger partial charge in [0.2, 0.25) is 0 Å². The number of ether oxygens (including phenoxy) is 1. The van der Waals surface area contributed by atoms with Crippen LogP contribution in [-0.2, 0) is 4.79 Å². The van der Waals surface area contributed by atoms with Crippen molar-refractivity contribution in [1.82, 2.24) is 0 Å². The smallest absolute Gasteiger partial charge is 0.313 e. The summed E-state index contributed by atoms with van der Waals surface area (Å²) in [6, 6.07) is 5.73. The lowest BCUT2D eigenvalue weighted by molar-refractivity contribution is -0.133. The summed E-state index contributed by atoms with van der Waals surface area (Å²) in [7, 11) is 0. The molecule has 0 unspecified atom stereocenters. The molecule has 1 N–H and O–H groups in total. The maximum atomic E-state index is 11.1. The Kier molecular flexibility index (Phi) is 1.93. The first-order valence-electron chi connectivity index (χ1n) is 4.31. The molecule has 1 heterocycles. The van der Waals surface area contributed by atoms with Crippen molar-refractivity contribution < 1.29 is 9.53 Å². The first-order chi connectivity index (χ1) is 6.25. The van der Waals surface area contributed by atoms with E-state index >= 15 is 0 Å². The lowest BCUT2D eigenvalue weighted by atomic mass is 10.2. The average molecular weight is 177 g/mol. The highest BCUT2D eigenvalue weighted by atomic mass is 16.5. The fourth-order valence-electron chi connectivity index (χ4n) is 1.34. The molecule has 3 nitrogen and oxygen atoms in total. The van der Waals surface area contributed by atoms with Gasteiger partial charge in [0, 0.05) is 6.54 Å². The van der Waals surface area contributed by atoms with E-state index in [0.29, 0.717) is 18.7 Å². The van der Waals surface area contributed by atoms with Crippen LogP contribution in [0, 0.1) is 6.92 Å². The third kappa shape index (κ3) is 1.64. The highest BCUT2D eigenvalue weighted by Crippen LogP contribution is 2.27. The third-order valence-electron chi connectivity index (χ3n) is 2.00. The maximum absolute atomic E-state index is 11.1. The van der Waals surface area contributed by atoms with E-state index in [9.17, 15) is 4.79 Å². The van der Waals surface area contributed by atoms with E-state index in [0.717, 1.165) is 11.3 Å². The summed E-state index contributed by atoms with van der Waals surface area (Å²) in [5, 5.41) is 3.15. The van der Waals surface area contributed by atoms with Gasteiger partial charge >= 0.3 is 5.97 Å². The molecule has 68 valence electrons. The molecule has 3 heteroatoms. The number of hydrogen-bond donors (Lipinski definition) is 1. The van der Waals surface area contributed by atoms with Crippen molar-refractivity contribution in [3.63, 3.8) is 0 Å². The Balaban J connectivity index is 2.40. The van der Waals surface area contributed by atoms with Gasteiger partial charge in [0.05, 0.1) is 12.1 Å². The van der Waals surface area contributed by atoms with E-state index in [1.807, 2.05) is 25.1 Å². The number of esters is 1. The van der Waals surface area contributed by atoms with Crippen LogP contribution in [0.3, 0.4) is 0 Å². The Hall–Kier alpha value is -1.51. The number of carbonyl (C=O) groups excluding carboxylic acids is 1. The fraction of sp³-hybridized carbons (Fsp3) is 0.300. The van der Waals surface area contributed by atoms with Crippen molar-refractivity contribution in [3.05, 3.63) is 23.8 Å². The molecule has 1 aliphatic heterocycles. The number of rotatable bonds is 0. The van der Waals surface area contributed by atoms with Crippen LogP contribution in [0.2, 0.25) is 0 Å². The molecule has 0 atom stereocenters. The summed E-state index contributed by atoms with van der Waals surface area (Å²) < 4.78 is 5.11. The standard InChI is InChI=1S/C10H11NO2/c1-7-2-3-9-8(6-7)11-5-4-10(12)13-9/h2-3,6,11H,4-5H2,1H3. The fourth-order valence-corrected chi connectivity index (χ4v) is 1.34. The summed E-state index contributed by atoms with van der Waals surface area (Å²) in [4.78, 5) is 11.1. The Morgan fingerprint density at radius 1 is 1.46 bits per heavy atom. The minimum Gasteiger partial charge on any atom is -0.424 e. The number of nitrogens with one attached hydrogen (secondary N) is 1. The zero-order valence-electron chi connectivity index (χ0n) is 7.46. The van der Waals surface area contributed by atoms with Crippen molar-refractivity contribution in [1.29, 1.82) is 0 Å². The van der Waals surface area contributed by atoms with Crippen LogP contribution in [0.1, 0.15) is 12.0 Å². The molecule has 0 aromatic heterocycles. The summed E-state index contributed by atoms with van der Waals surface area (Å²) in [6.07, 6.45) is 0.424. The third-order valence-corrected chi connectivity index (χ3v) is 2.00. The largest absolute Gasteiger partial charge is 0.424 e. The van der Waals surface area contributed by atoms with Crippen LogP contribution in [0.15, 0.2) is 18.2 Å². The van der Waals surface area contributed by atoms with E-state index in [2.05, 4.69) is 5.32 Å². The Morgan fingerprint density at radius 3 is 3.15 bits per heavy atom. The number of aryl methyl sites for hydroxylation is 1. The van der Waals surface area contributed by atoms with Crippen molar-refractivity contribution in [2.45, 2.75) is 13.3 Å². The van der Waals surface area contributed by atoms with Crippen LogP contribution in [0.25, 0.3) is 0 Å².